The smallest absolute Gasteiger partial charge is 0.278 e. The van der Waals surface area contributed by atoms with Crippen molar-refractivity contribution in [3.63, 3.8) is 0 Å². The van der Waals surface area contributed by atoms with Crippen LogP contribution in [0.4, 0.5) is 13.2 Å². The molecule has 2 aromatic heterocycles. The van der Waals surface area contributed by atoms with Gasteiger partial charge < -0.3 is 0 Å². The molecule has 0 unspecified atom stereocenters. The Morgan fingerprint density at radius 3 is 2.67 bits per heavy atom. The molecular formula is C17H11F3N4. The first-order valence-electron chi connectivity index (χ1n) is 7.17. The summed E-state index contributed by atoms with van der Waals surface area (Å²) in [6, 6.07) is 11.2. The highest BCUT2D eigenvalue weighted by Crippen LogP contribution is 2.36. The van der Waals surface area contributed by atoms with E-state index < -0.39 is 11.7 Å². The molecule has 0 atom stereocenters. The van der Waals surface area contributed by atoms with E-state index in [0.29, 0.717) is 22.0 Å². The number of nitrogens with one attached hydrogen (secondary N) is 1. The second-order valence-corrected chi connectivity index (χ2v) is 5.35. The van der Waals surface area contributed by atoms with E-state index >= 15 is 0 Å². The molecule has 0 saturated heterocycles. The Bertz CT molecular complexity index is 1000. The molecule has 0 aliphatic rings. The number of hydrogen-bond acceptors (Lipinski definition) is 2. The van der Waals surface area contributed by atoms with E-state index in [1.807, 2.05) is 6.07 Å². The standard InChI is InChI=1S/C17H11F3N4/c18-17(19,20)12-8-14(15-10-21-23-16(15)9-12)11-3-1-4-13(7-11)24-6-2-5-22-24/h1-10H,(H,21,23). The van der Waals surface area contributed by atoms with E-state index in [-0.39, 0.29) is 0 Å². The molecule has 0 aliphatic carbocycles. The van der Waals surface area contributed by atoms with Gasteiger partial charge in [0.25, 0.3) is 0 Å². The number of alkyl halides is 3. The number of hydrogen-bond donors (Lipinski definition) is 1. The molecule has 0 saturated carbocycles. The second-order valence-electron chi connectivity index (χ2n) is 5.35. The monoisotopic (exact) mass is 328 g/mol. The van der Waals surface area contributed by atoms with Crippen LogP contribution in [0.25, 0.3) is 27.7 Å². The molecule has 7 heteroatoms. The molecule has 0 fully saturated rings. The van der Waals surface area contributed by atoms with Crippen molar-refractivity contribution in [2.24, 2.45) is 0 Å². The zero-order chi connectivity index (χ0) is 16.7. The van der Waals surface area contributed by atoms with Crippen LogP contribution in [0.15, 0.2) is 61.1 Å². The molecule has 2 heterocycles. The fourth-order valence-corrected chi connectivity index (χ4v) is 2.69. The molecule has 24 heavy (non-hydrogen) atoms. The van der Waals surface area contributed by atoms with Crippen molar-refractivity contribution in [3.05, 3.63) is 66.6 Å². The van der Waals surface area contributed by atoms with Crippen LogP contribution < -0.4 is 0 Å². The van der Waals surface area contributed by atoms with Gasteiger partial charge in [0.15, 0.2) is 0 Å². The van der Waals surface area contributed by atoms with E-state index in [1.165, 1.54) is 6.20 Å². The first-order chi connectivity index (χ1) is 11.5. The van der Waals surface area contributed by atoms with Crippen molar-refractivity contribution in [1.29, 1.82) is 0 Å². The van der Waals surface area contributed by atoms with Crippen molar-refractivity contribution in [2.75, 3.05) is 0 Å². The second kappa shape index (κ2) is 5.23. The minimum absolute atomic E-state index is 0.351. The van der Waals surface area contributed by atoms with Gasteiger partial charge in [0.1, 0.15) is 0 Å². The number of aromatic amines is 1. The van der Waals surface area contributed by atoms with Gasteiger partial charge in [-0.2, -0.15) is 23.4 Å². The Hall–Kier alpha value is -3.09. The van der Waals surface area contributed by atoms with Gasteiger partial charge in [-0.15, -0.1) is 0 Å². The molecule has 1 N–H and O–H groups in total. The third kappa shape index (κ3) is 2.44. The summed E-state index contributed by atoms with van der Waals surface area (Å²) in [7, 11) is 0. The molecule has 0 radical (unpaired) electrons. The average molecular weight is 328 g/mol. The van der Waals surface area contributed by atoms with Crippen LogP contribution in [-0.4, -0.2) is 20.0 Å². The van der Waals surface area contributed by atoms with Gasteiger partial charge in [0.2, 0.25) is 0 Å². The average Bonchev–Trinajstić information content (AvgIpc) is 3.24. The number of rotatable bonds is 2. The Labute approximate surface area is 134 Å². The van der Waals surface area contributed by atoms with Crippen molar-refractivity contribution < 1.29 is 13.2 Å². The van der Waals surface area contributed by atoms with Crippen molar-refractivity contribution in [1.82, 2.24) is 20.0 Å². The lowest BCUT2D eigenvalue weighted by Crippen LogP contribution is -2.05. The predicted octanol–water partition coefficient (Wildman–Crippen LogP) is 4.43. The summed E-state index contributed by atoms with van der Waals surface area (Å²) in [5, 5.41) is 11.3. The number of nitrogens with zero attached hydrogens (tertiary/aromatic N) is 3. The van der Waals surface area contributed by atoms with Crippen LogP contribution in [0.5, 0.6) is 0 Å². The predicted molar refractivity (Wildman–Crippen MR) is 83.7 cm³/mol. The molecule has 0 aliphatic heterocycles. The van der Waals surface area contributed by atoms with Gasteiger partial charge in [-0.05, 0) is 41.5 Å². The summed E-state index contributed by atoms with van der Waals surface area (Å²) in [5.74, 6) is 0. The van der Waals surface area contributed by atoms with Gasteiger partial charge in [-0.1, -0.05) is 12.1 Å². The molecule has 0 spiro atoms. The Kier molecular flexibility index (Phi) is 3.16. The normalized spacial score (nSPS) is 12.0. The Morgan fingerprint density at radius 1 is 1.04 bits per heavy atom. The fraction of sp³-hybridized carbons (Fsp3) is 0.0588. The minimum atomic E-state index is -4.42. The lowest BCUT2D eigenvalue weighted by atomic mass is 9.98. The van der Waals surface area contributed by atoms with Gasteiger partial charge >= 0.3 is 6.18 Å². The minimum Gasteiger partial charge on any atom is -0.278 e. The maximum absolute atomic E-state index is 13.2. The van der Waals surface area contributed by atoms with Crippen molar-refractivity contribution in [2.45, 2.75) is 6.18 Å². The van der Waals surface area contributed by atoms with Crippen LogP contribution in [0.3, 0.4) is 0 Å². The van der Waals surface area contributed by atoms with E-state index in [0.717, 1.165) is 17.8 Å². The number of aromatic nitrogens is 4. The number of halogens is 3. The lowest BCUT2D eigenvalue weighted by Gasteiger charge is -2.11. The van der Waals surface area contributed by atoms with E-state index in [2.05, 4.69) is 15.3 Å². The maximum Gasteiger partial charge on any atom is 0.416 e. The first kappa shape index (κ1) is 14.5. The summed E-state index contributed by atoms with van der Waals surface area (Å²) < 4.78 is 41.2. The molecule has 4 nitrogen and oxygen atoms in total. The summed E-state index contributed by atoms with van der Waals surface area (Å²) in [6.45, 7) is 0. The van der Waals surface area contributed by atoms with Gasteiger partial charge in [-0.3, -0.25) is 5.10 Å². The molecule has 120 valence electrons. The SMILES string of the molecule is FC(F)(F)c1cc(-c2cccc(-n3cccn3)c2)c2cn[nH]c2c1. The van der Waals surface area contributed by atoms with Crippen LogP contribution in [-0.2, 0) is 6.18 Å². The van der Waals surface area contributed by atoms with E-state index in [4.69, 9.17) is 0 Å². The zero-order valence-electron chi connectivity index (χ0n) is 12.2. The summed E-state index contributed by atoms with van der Waals surface area (Å²) in [4.78, 5) is 0. The molecule has 4 aromatic rings. The maximum atomic E-state index is 13.2. The topological polar surface area (TPSA) is 46.5 Å². The van der Waals surface area contributed by atoms with E-state index in [1.54, 1.807) is 41.3 Å². The number of H-pyrrole nitrogens is 1. The van der Waals surface area contributed by atoms with Crippen LogP contribution in [0.2, 0.25) is 0 Å². The van der Waals surface area contributed by atoms with Crippen LogP contribution >= 0.6 is 0 Å². The van der Waals surface area contributed by atoms with Crippen LogP contribution in [0, 0.1) is 0 Å². The third-order valence-electron chi connectivity index (χ3n) is 3.81. The lowest BCUT2D eigenvalue weighted by molar-refractivity contribution is -0.137. The highest BCUT2D eigenvalue weighted by atomic mass is 19.4. The van der Waals surface area contributed by atoms with Crippen molar-refractivity contribution in [3.8, 4) is 16.8 Å². The summed E-state index contributed by atoms with van der Waals surface area (Å²) >= 11 is 0. The van der Waals surface area contributed by atoms with Crippen LogP contribution in [0.1, 0.15) is 5.56 Å². The fourth-order valence-electron chi connectivity index (χ4n) is 2.69. The van der Waals surface area contributed by atoms with Crippen molar-refractivity contribution >= 4 is 10.9 Å². The molecule has 4 rings (SSSR count). The summed E-state index contributed by atoms with van der Waals surface area (Å²) in [5.41, 5.74) is 1.55. The number of benzene rings is 2. The summed E-state index contributed by atoms with van der Waals surface area (Å²) in [6.07, 6.45) is 0.531. The zero-order valence-corrected chi connectivity index (χ0v) is 12.2. The number of fused-ring (bicyclic) bond motifs is 1. The van der Waals surface area contributed by atoms with Gasteiger partial charge in [0, 0.05) is 17.8 Å². The Balaban J connectivity index is 1.93. The largest absolute Gasteiger partial charge is 0.416 e. The molecular weight excluding hydrogens is 317 g/mol. The van der Waals surface area contributed by atoms with E-state index in [9.17, 15) is 13.2 Å². The third-order valence-corrected chi connectivity index (χ3v) is 3.81. The van der Waals surface area contributed by atoms with Gasteiger partial charge in [0.05, 0.1) is 23.0 Å². The Morgan fingerprint density at radius 2 is 1.92 bits per heavy atom. The molecule has 0 bridgehead atoms. The molecule has 0 amide bonds. The quantitative estimate of drug-likeness (QED) is 0.591. The molecule has 2 aromatic carbocycles. The highest BCUT2D eigenvalue weighted by Gasteiger charge is 2.31. The van der Waals surface area contributed by atoms with Gasteiger partial charge in [-0.25, -0.2) is 4.68 Å². The first-order valence-corrected chi connectivity index (χ1v) is 7.17. The highest BCUT2D eigenvalue weighted by molar-refractivity contribution is 5.95.